The third-order valence-electron chi connectivity index (χ3n) is 5.23. The van der Waals surface area contributed by atoms with E-state index in [1.165, 1.54) is 0 Å². The van der Waals surface area contributed by atoms with Crippen LogP contribution in [0.4, 0.5) is 0 Å². The highest BCUT2D eigenvalue weighted by Crippen LogP contribution is 2.30. The SMILES string of the molecule is C(#Cc1ccc(-c2ncc(C#Cc3ccccc3)cc2-c2ccccc2)nc1)c1ccccc1. The van der Waals surface area contributed by atoms with E-state index in [0.717, 1.165) is 44.8 Å². The monoisotopic (exact) mass is 432 g/mol. The van der Waals surface area contributed by atoms with Gasteiger partial charge in [0.2, 0.25) is 0 Å². The predicted octanol–water partition coefficient (Wildman–Crippen LogP) is 6.61. The van der Waals surface area contributed by atoms with Crippen LogP contribution < -0.4 is 0 Å². The average Bonchev–Trinajstić information content (AvgIpc) is 2.93. The molecule has 0 radical (unpaired) electrons. The summed E-state index contributed by atoms with van der Waals surface area (Å²) < 4.78 is 0. The van der Waals surface area contributed by atoms with Gasteiger partial charge in [0.15, 0.2) is 0 Å². The van der Waals surface area contributed by atoms with Crippen molar-refractivity contribution in [2.45, 2.75) is 0 Å². The number of aromatic nitrogens is 2. The zero-order valence-electron chi connectivity index (χ0n) is 18.4. The van der Waals surface area contributed by atoms with E-state index in [9.17, 15) is 0 Å². The molecule has 0 aliphatic heterocycles. The van der Waals surface area contributed by atoms with E-state index in [0.29, 0.717) is 0 Å². The lowest BCUT2D eigenvalue weighted by atomic mass is 10.00. The van der Waals surface area contributed by atoms with E-state index >= 15 is 0 Å². The minimum atomic E-state index is 0.798. The Kier molecular flexibility index (Phi) is 6.24. The molecule has 0 atom stereocenters. The lowest BCUT2D eigenvalue weighted by Gasteiger charge is -2.09. The van der Waals surface area contributed by atoms with Crippen molar-refractivity contribution in [3.8, 4) is 46.2 Å². The Labute approximate surface area is 200 Å². The predicted molar refractivity (Wildman–Crippen MR) is 138 cm³/mol. The summed E-state index contributed by atoms with van der Waals surface area (Å²) >= 11 is 0. The summed E-state index contributed by atoms with van der Waals surface area (Å²) in [7, 11) is 0. The fourth-order valence-electron chi connectivity index (χ4n) is 3.51. The molecule has 0 amide bonds. The lowest BCUT2D eigenvalue weighted by molar-refractivity contribution is 1.24. The molecule has 2 aromatic heterocycles. The number of hydrogen-bond acceptors (Lipinski definition) is 2. The van der Waals surface area contributed by atoms with Gasteiger partial charge in [0.25, 0.3) is 0 Å². The zero-order chi connectivity index (χ0) is 23.0. The molecule has 5 aromatic rings. The Morgan fingerprint density at radius 2 is 0.971 bits per heavy atom. The molecule has 0 saturated carbocycles. The van der Waals surface area contributed by atoms with Crippen LogP contribution in [0.2, 0.25) is 0 Å². The van der Waals surface area contributed by atoms with Crippen LogP contribution in [-0.2, 0) is 0 Å². The quantitative estimate of drug-likeness (QED) is 0.293. The molecule has 34 heavy (non-hydrogen) atoms. The van der Waals surface area contributed by atoms with Gasteiger partial charge in [-0.2, -0.15) is 0 Å². The van der Waals surface area contributed by atoms with Crippen molar-refractivity contribution in [2.75, 3.05) is 0 Å². The van der Waals surface area contributed by atoms with Crippen molar-refractivity contribution in [2.24, 2.45) is 0 Å². The topological polar surface area (TPSA) is 25.8 Å². The van der Waals surface area contributed by atoms with Crippen LogP contribution in [0.1, 0.15) is 22.3 Å². The van der Waals surface area contributed by atoms with Crippen molar-refractivity contribution in [3.05, 3.63) is 144 Å². The second kappa shape index (κ2) is 10.1. The van der Waals surface area contributed by atoms with Gasteiger partial charge in [-0.15, -0.1) is 0 Å². The lowest BCUT2D eigenvalue weighted by Crippen LogP contribution is -1.94. The number of rotatable bonds is 2. The minimum absolute atomic E-state index is 0.798. The molecule has 0 spiro atoms. The van der Waals surface area contributed by atoms with Gasteiger partial charge < -0.3 is 0 Å². The van der Waals surface area contributed by atoms with E-state index in [1.54, 1.807) is 6.20 Å². The molecule has 0 aliphatic rings. The van der Waals surface area contributed by atoms with Crippen LogP contribution in [0.25, 0.3) is 22.5 Å². The molecule has 2 heterocycles. The number of pyridine rings is 2. The second-order valence-electron chi connectivity index (χ2n) is 7.65. The highest BCUT2D eigenvalue weighted by Gasteiger charge is 2.11. The highest BCUT2D eigenvalue weighted by atomic mass is 14.8. The number of benzene rings is 3. The standard InChI is InChI=1S/C32H20N2/c1-4-10-25(11-5-1)16-18-27-20-21-31(33-23-27)32-30(29-14-8-3-9-15-29)22-28(24-34-32)19-17-26-12-6-2-7-13-26/h1-15,20-24H. The maximum atomic E-state index is 4.76. The Hall–Kier alpha value is -4.92. The number of hydrogen-bond donors (Lipinski definition) is 0. The van der Waals surface area contributed by atoms with Gasteiger partial charge in [-0.3, -0.25) is 9.97 Å². The van der Waals surface area contributed by atoms with Crippen LogP contribution in [0.15, 0.2) is 122 Å². The summed E-state index contributed by atoms with van der Waals surface area (Å²) in [6, 6.07) is 36.1. The molecular formula is C32H20N2. The number of nitrogens with zero attached hydrogens (tertiary/aromatic N) is 2. The Morgan fingerprint density at radius 1 is 0.441 bits per heavy atom. The molecule has 2 heteroatoms. The first-order valence-electron chi connectivity index (χ1n) is 11.0. The maximum absolute atomic E-state index is 4.76. The highest BCUT2D eigenvalue weighted by molar-refractivity contribution is 5.80. The van der Waals surface area contributed by atoms with Crippen LogP contribution in [0.5, 0.6) is 0 Å². The first kappa shape index (κ1) is 21.0. The van der Waals surface area contributed by atoms with Crippen molar-refractivity contribution >= 4 is 0 Å². The third-order valence-corrected chi connectivity index (χ3v) is 5.23. The molecule has 3 aromatic carbocycles. The second-order valence-corrected chi connectivity index (χ2v) is 7.65. The van der Waals surface area contributed by atoms with Crippen LogP contribution in [-0.4, -0.2) is 9.97 Å². The summed E-state index contributed by atoms with van der Waals surface area (Å²) in [6.45, 7) is 0. The van der Waals surface area contributed by atoms with Gasteiger partial charge in [-0.1, -0.05) is 90.4 Å². The van der Waals surface area contributed by atoms with E-state index in [2.05, 4.69) is 46.9 Å². The van der Waals surface area contributed by atoms with Crippen molar-refractivity contribution in [1.82, 2.24) is 9.97 Å². The molecule has 0 saturated heterocycles. The van der Waals surface area contributed by atoms with Crippen molar-refractivity contribution < 1.29 is 0 Å². The molecule has 0 N–H and O–H groups in total. The Bertz CT molecular complexity index is 1520. The molecular weight excluding hydrogens is 412 g/mol. The fourth-order valence-corrected chi connectivity index (χ4v) is 3.51. The van der Waals surface area contributed by atoms with Crippen LogP contribution in [0, 0.1) is 23.7 Å². The van der Waals surface area contributed by atoms with Gasteiger partial charge >= 0.3 is 0 Å². The molecule has 0 unspecified atom stereocenters. The smallest absolute Gasteiger partial charge is 0.0965 e. The molecule has 158 valence electrons. The van der Waals surface area contributed by atoms with Crippen LogP contribution >= 0.6 is 0 Å². The van der Waals surface area contributed by atoms with Gasteiger partial charge in [-0.05, 0) is 48.0 Å². The van der Waals surface area contributed by atoms with Crippen molar-refractivity contribution in [3.63, 3.8) is 0 Å². The van der Waals surface area contributed by atoms with Crippen molar-refractivity contribution in [1.29, 1.82) is 0 Å². The minimum Gasteiger partial charge on any atom is -0.253 e. The Balaban J connectivity index is 1.50. The molecule has 5 rings (SSSR count). The molecule has 2 nitrogen and oxygen atoms in total. The Morgan fingerprint density at radius 3 is 1.56 bits per heavy atom. The first-order chi connectivity index (χ1) is 16.8. The molecule has 0 fully saturated rings. The zero-order valence-corrected chi connectivity index (χ0v) is 18.4. The summed E-state index contributed by atoms with van der Waals surface area (Å²) in [5, 5.41) is 0. The van der Waals surface area contributed by atoms with E-state index in [4.69, 9.17) is 4.98 Å². The van der Waals surface area contributed by atoms with Gasteiger partial charge in [-0.25, -0.2) is 0 Å². The fraction of sp³-hybridized carbons (Fsp3) is 0. The van der Waals surface area contributed by atoms with Gasteiger partial charge in [0, 0.05) is 40.2 Å². The first-order valence-corrected chi connectivity index (χ1v) is 11.0. The summed E-state index contributed by atoms with van der Waals surface area (Å²) in [6.07, 6.45) is 3.60. The van der Waals surface area contributed by atoms with E-state index < -0.39 is 0 Å². The van der Waals surface area contributed by atoms with Gasteiger partial charge in [0.05, 0.1) is 11.4 Å². The molecule has 0 bridgehead atoms. The van der Waals surface area contributed by atoms with E-state index in [1.807, 2.05) is 97.2 Å². The normalized spacial score (nSPS) is 9.88. The summed E-state index contributed by atoms with van der Waals surface area (Å²) in [5.74, 6) is 12.8. The molecule has 0 aliphatic carbocycles. The van der Waals surface area contributed by atoms with Crippen LogP contribution in [0.3, 0.4) is 0 Å². The maximum Gasteiger partial charge on any atom is 0.0965 e. The third kappa shape index (κ3) is 5.10. The average molecular weight is 433 g/mol. The van der Waals surface area contributed by atoms with E-state index in [-0.39, 0.29) is 0 Å². The summed E-state index contributed by atoms with van der Waals surface area (Å²) in [5.41, 5.74) is 7.36. The summed E-state index contributed by atoms with van der Waals surface area (Å²) in [4.78, 5) is 9.43. The largest absolute Gasteiger partial charge is 0.253 e. The van der Waals surface area contributed by atoms with Gasteiger partial charge in [0.1, 0.15) is 0 Å².